The number of anilines is 1. The van der Waals surface area contributed by atoms with Crippen molar-refractivity contribution in [3.05, 3.63) is 74.0 Å². The molecule has 0 aliphatic rings. The summed E-state index contributed by atoms with van der Waals surface area (Å²) >= 11 is 0. The molecule has 2 aromatic carbocycles. The minimum atomic E-state index is -4.64. The van der Waals surface area contributed by atoms with Gasteiger partial charge in [0.05, 0.1) is 34.3 Å². The minimum absolute atomic E-state index is 0.223. The third-order valence-corrected chi connectivity index (χ3v) is 4.07. The Morgan fingerprint density at radius 1 is 1.09 bits per heavy atom. The fourth-order valence-electron chi connectivity index (χ4n) is 2.67. The number of alkyl halides is 3. The molecule has 0 unspecified atom stereocenters. The van der Waals surface area contributed by atoms with Crippen molar-refractivity contribution in [3.63, 3.8) is 0 Å². The summed E-state index contributed by atoms with van der Waals surface area (Å²) in [7, 11) is 1.10. The summed E-state index contributed by atoms with van der Waals surface area (Å²) in [6.07, 6.45) is -4.64. The van der Waals surface area contributed by atoms with Crippen LogP contribution in [0.25, 0.3) is 0 Å². The van der Waals surface area contributed by atoms with E-state index in [4.69, 9.17) is 9.47 Å². The molecule has 1 aromatic heterocycles. The van der Waals surface area contributed by atoms with E-state index in [-0.39, 0.29) is 17.2 Å². The number of hydrogen-bond donors (Lipinski definition) is 2. The predicted octanol–water partition coefficient (Wildman–Crippen LogP) is 4.30. The molecule has 0 atom stereocenters. The number of benzene rings is 2. The molecule has 0 spiro atoms. The summed E-state index contributed by atoms with van der Waals surface area (Å²) in [6, 6.07) is 6.74. The zero-order valence-corrected chi connectivity index (χ0v) is 16.4. The van der Waals surface area contributed by atoms with Gasteiger partial charge in [0.2, 0.25) is 5.69 Å². The van der Waals surface area contributed by atoms with Gasteiger partial charge in [-0.25, -0.2) is 0 Å². The van der Waals surface area contributed by atoms with Gasteiger partial charge in [-0.15, -0.1) is 5.10 Å². The largest absolute Gasteiger partial charge is 0.475 e. The lowest BCUT2D eigenvalue weighted by Crippen LogP contribution is -2.14. The van der Waals surface area contributed by atoms with Gasteiger partial charge in [-0.05, 0) is 18.2 Å². The smallest absolute Gasteiger partial charge is 0.416 e. The number of aromatic amines is 1. The van der Waals surface area contributed by atoms with Crippen LogP contribution in [0.1, 0.15) is 16.1 Å². The van der Waals surface area contributed by atoms with Gasteiger partial charge in [-0.2, -0.15) is 13.2 Å². The molecule has 0 aliphatic carbocycles. The van der Waals surface area contributed by atoms with Crippen molar-refractivity contribution in [2.24, 2.45) is 0 Å². The molecule has 1 amide bonds. The van der Waals surface area contributed by atoms with E-state index < -0.39 is 50.4 Å². The molecule has 0 bridgehead atoms. The maximum atomic E-state index is 12.9. The van der Waals surface area contributed by atoms with Gasteiger partial charge in [0.1, 0.15) is 11.5 Å². The number of carbonyl (C=O) groups is 1. The zero-order valence-electron chi connectivity index (χ0n) is 16.4. The van der Waals surface area contributed by atoms with Gasteiger partial charge in [-0.3, -0.25) is 30.1 Å². The SMILES string of the molecule is COc1n[nH]c(C(=O)Nc2cc(Oc3cccc(C(F)(F)F)c3)cc([N+](=O)[O-])c2)c1[N+](=O)[O-]. The Bertz CT molecular complexity index is 1240. The van der Waals surface area contributed by atoms with E-state index in [0.717, 1.165) is 37.4 Å². The molecular formula is C18H12F3N5O7. The average Bonchev–Trinajstić information content (AvgIpc) is 3.18. The van der Waals surface area contributed by atoms with Gasteiger partial charge >= 0.3 is 17.7 Å². The lowest BCUT2D eigenvalue weighted by atomic mass is 10.2. The molecule has 33 heavy (non-hydrogen) atoms. The van der Waals surface area contributed by atoms with Crippen molar-refractivity contribution in [2.45, 2.75) is 6.18 Å². The maximum Gasteiger partial charge on any atom is 0.416 e. The van der Waals surface area contributed by atoms with Crippen LogP contribution in [0.15, 0.2) is 42.5 Å². The lowest BCUT2D eigenvalue weighted by Gasteiger charge is -2.11. The normalized spacial score (nSPS) is 11.0. The van der Waals surface area contributed by atoms with Crippen LogP contribution in [0.3, 0.4) is 0 Å². The van der Waals surface area contributed by atoms with Gasteiger partial charge < -0.3 is 14.8 Å². The van der Waals surface area contributed by atoms with Crippen LogP contribution in [0.2, 0.25) is 0 Å². The summed E-state index contributed by atoms with van der Waals surface area (Å²) < 4.78 is 48.7. The van der Waals surface area contributed by atoms with Gasteiger partial charge in [0.15, 0.2) is 0 Å². The Morgan fingerprint density at radius 3 is 2.42 bits per heavy atom. The standard InChI is InChI=1S/C18H12F3N5O7/c1-32-17-15(26(30)31)14(23-24-17)16(27)22-10-6-11(25(28)29)8-13(7-10)33-12-4-2-3-9(5-12)18(19,20)21/h2-8H,1H3,(H,22,27)(H,23,24). The van der Waals surface area contributed by atoms with E-state index in [1.807, 2.05) is 0 Å². The van der Waals surface area contributed by atoms with Gasteiger partial charge in [0.25, 0.3) is 11.6 Å². The molecular weight excluding hydrogens is 455 g/mol. The van der Waals surface area contributed by atoms with E-state index >= 15 is 0 Å². The van der Waals surface area contributed by atoms with Crippen LogP contribution in [0.5, 0.6) is 17.4 Å². The molecule has 0 saturated carbocycles. The molecule has 12 nitrogen and oxygen atoms in total. The Balaban J connectivity index is 1.93. The number of nitro groups is 2. The summed E-state index contributed by atoms with van der Waals surface area (Å²) in [6.45, 7) is 0. The summed E-state index contributed by atoms with van der Waals surface area (Å²) in [4.78, 5) is 33.2. The fraction of sp³-hybridized carbons (Fsp3) is 0.111. The Labute approximate surface area is 181 Å². The number of non-ortho nitro benzene ring substituents is 1. The van der Waals surface area contributed by atoms with Crippen LogP contribution in [0, 0.1) is 20.2 Å². The average molecular weight is 467 g/mol. The molecule has 0 radical (unpaired) electrons. The maximum absolute atomic E-state index is 12.9. The fourth-order valence-corrected chi connectivity index (χ4v) is 2.67. The lowest BCUT2D eigenvalue weighted by molar-refractivity contribution is -0.386. The van der Waals surface area contributed by atoms with Gasteiger partial charge in [0, 0.05) is 12.1 Å². The molecule has 15 heteroatoms. The highest BCUT2D eigenvalue weighted by atomic mass is 19.4. The quantitative estimate of drug-likeness (QED) is 0.384. The first kappa shape index (κ1) is 23.0. The van der Waals surface area contributed by atoms with Crippen molar-refractivity contribution in [3.8, 4) is 17.4 Å². The monoisotopic (exact) mass is 467 g/mol. The predicted molar refractivity (Wildman–Crippen MR) is 104 cm³/mol. The van der Waals surface area contributed by atoms with Crippen molar-refractivity contribution >= 4 is 23.0 Å². The van der Waals surface area contributed by atoms with Crippen LogP contribution >= 0.6 is 0 Å². The number of ether oxygens (including phenoxy) is 2. The second-order valence-electron chi connectivity index (χ2n) is 6.27. The highest BCUT2D eigenvalue weighted by molar-refractivity contribution is 6.06. The zero-order chi connectivity index (χ0) is 24.3. The van der Waals surface area contributed by atoms with E-state index in [9.17, 15) is 38.2 Å². The number of aromatic nitrogens is 2. The molecule has 0 fully saturated rings. The molecule has 3 aromatic rings. The number of nitrogens with one attached hydrogen (secondary N) is 2. The van der Waals surface area contributed by atoms with Crippen LogP contribution in [-0.4, -0.2) is 33.1 Å². The first-order chi connectivity index (χ1) is 15.5. The first-order valence-corrected chi connectivity index (χ1v) is 8.72. The molecule has 172 valence electrons. The van der Waals surface area contributed by atoms with E-state index in [1.54, 1.807) is 0 Å². The second-order valence-corrected chi connectivity index (χ2v) is 6.27. The molecule has 3 rings (SSSR count). The van der Waals surface area contributed by atoms with E-state index in [2.05, 4.69) is 15.5 Å². The minimum Gasteiger partial charge on any atom is -0.475 e. The van der Waals surface area contributed by atoms with Crippen molar-refractivity contribution < 1.29 is 37.3 Å². The van der Waals surface area contributed by atoms with Crippen LogP contribution in [0.4, 0.5) is 30.2 Å². The summed E-state index contributed by atoms with van der Waals surface area (Å²) in [5.41, 5.74) is -3.14. The third-order valence-electron chi connectivity index (χ3n) is 4.07. The number of nitrogens with zero attached hydrogens (tertiary/aromatic N) is 3. The van der Waals surface area contributed by atoms with Gasteiger partial charge in [-0.1, -0.05) is 6.07 Å². The van der Waals surface area contributed by atoms with Crippen LogP contribution in [-0.2, 0) is 6.18 Å². The van der Waals surface area contributed by atoms with Crippen molar-refractivity contribution in [1.82, 2.24) is 10.2 Å². The van der Waals surface area contributed by atoms with Crippen molar-refractivity contribution in [1.29, 1.82) is 0 Å². The Kier molecular flexibility index (Phi) is 6.14. The number of halogens is 3. The summed E-state index contributed by atoms with van der Waals surface area (Å²) in [5, 5.41) is 30.3. The van der Waals surface area contributed by atoms with Crippen LogP contribution < -0.4 is 14.8 Å². The molecule has 0 saturated heterocycles. The van der Waals surface area contributed by atoms with Crippen molar-refractivity contribution in [2.75, 3.05) is 12.4 Å². The highest BCUT2D eigenvalue weighted by Gasteiger charge is 2.31. The number of hydrogen-bond acceptors (Lipinski definition) is 8. The number of methoxy groups -OCH3 is 1. The molecule has 1 heterocycles. The second kappa shape index (κ2) is 8.81. The highest BCUT2D eigenvalue weighted by Crippen LogP contribution is 2.35. The number of amides is 1. The topological polar surface area (TPSA) is 163 Å². The van der Waals surface area contributed by atoms with E-state index in [1.165, 1.54) is 6.07 Å². The molecule has 2 N–H and O–H groups in total. The Morgan fingerprint density at radius 2 is 1.82 bits per heavy atom. The first-order valence-electron chi connectivity index (χ1n) is 8.72. The molecule has 0 aliphatic heterocycles. The Hall–Kier alpha value is -4.69. The number of H-pyrrole nitrogens is 1. The summed E-state index contributed by atoms with van der Waals surface area (Å²) in [5.74, 6) is -2.08. The van der Waals surface area contributed by atoms with E-state index in [0.29, 0.717) is 6.07 Å². The number of nitro benzene ring substituents is 1. The third kappa shape index (κ3) is 5.15. The number of carbonyl (C=O) groups excluding carboxylic acids is 1. The number of rotatable bonds is 7.